The first-order chi connectivity index (χ1) is 23.5. The predicted molar refractivity (Wildman–Crippen MR) is 189 cm³/mol. The van der Waals surface area contributed by atoms with Crippen molar-refractivity contribution in [2.45, 2.75) is 91.5 Å². The van der Waals surface area contributed by atoms with Gasteiger partial charge in [-0.3, -0.25) is 14.6 Å². The van der Waals surface area contributed by atoms with Crippen LogP contribution in [0.2, 0.25) is 13.1 Å². The molecule has 1 unspecified atom stereocenters. The lowest BCUT2D eigenvalue weighted by molar-refractivity contribution is -0.0500. The van der Waals surface area contributed by atoms with Crippen LogP contribution in [-0.4, -0.2) is 87.3 Å². The summed E-state index contributed by atoms with van der Waals surface area (Å²) in [5.41, 5.74) is -4.61. The molecule has 5 rings (SSSR count). The van der Waals surface area contributed by atoms with Gasteiger partial charge >= 0.3 is 21.7 Å². The second kappa shape index (κ2) is 14.2. The van der Waals surface area contributed by atoms with Gasteiger partial charge in [0.1, 0.15) is 11.4 Å². The highest BCUT2D eigenvalue weighted by Crippen LogP contribution is 2.40. The lowest BCUT2D eigenvalue weighted by Gasteiger charge is -2.41. The fraction of sp³-hybridized carbons (Fsp3) is 0.543. The summed E-state index contributed by atoms with van der Waals surface area (Å²) in [5.74, 6) is -1.28. The van der Waals surface area contributed by atoms with E-state index < -0.39 is 48.0 Å². The molecule has 2 aliphatic heterocycles. The number of hydrogen-bond donors (Lipinski definition) is 1. The fourth-order valence-corrected chi connectivity index (χ4v) is 7.62. The number of hydrogen-bond acceptors (Lipinski definition) is 9. The van der Waals surface area contributed by atoms with E-state index in [1.807, 2.05) is 12.1 Å². The van der Waals surface area contributed by atoms with Gasteiger partial charge < -0.3 is 18.7 Å². The van der Waals surface area contributed by atoms with Gasteiger partial charge in [0.2, 0.25) is 9.04 Å². The number of ether oxygens (including phenoxy) is 1. The first kappa shape index (κ1) is 38.8. The fourth-order valence-electron chi connectivity index (χ4n) is 6.35. The molecule has 1 atom stereocenters. The van der Waals surface area contributed by atoms with Crippen LogP contribution in [0, 0.1) is 5.41 Å². The molecular formula is C35H46F3N4O7SSi. The number of carbonyl (C=O) groups is 2. The van der Waals surface area contributed by atoms with Gasteiger partial charge in [-0.25, -0.2) is 9.36 Å². The van der Waals surface area contributed by atoms with Crippen LogP contribution >= 0.6 is 0 Å². The van der Waals surface area contributed by atoms with Crippen molar-refractivity contribution in [1.29, 1.82) is 0 Å². The number of carbonyl (C=O) groups excluding carboxylic acids is 2. The molecule has 1 aromatic heterocycles. The minimum Gasteiger partial charge on any atom is -0.443 e. The van der Waals surface area contributed by atoms with Crippen LogP contribution in [0.3, 0.4) is 0 Å². The highest BCUT2D eigenvalue weighted by molar-refractivity contribution is 7.88. The van der Waals surface area contributed by atoms with Gasteiger partial charge in [-0.1, -0.05) is 26.8 Å². The van der Waals surface area contributed by atoms with E-state index in [4.69, 9.17) is 9.16 Å². The molecule has 51 heavy (non-hydrogen) atoms. The minimum absolute atomic E-state index is 0.0728. The first-order valence-electron chi connectivity index (χ1n) is 16.8. The number of halogens is 3. The molecule has 2 aliphatic rings. The molecule has 11 nitrogen and oxygen atoms in total. The molecule has 16 heteroatoms. The number of aromatic nitrogens is 1. The van der Waals surface area contributed by atoms with Gasteiger partial charge in [-0.15, -0.1) is 0 Å². The molecule has 3 aromatic rings. The van der Waals surface area contributed by atoms with Crippen LogP contribution in [0.1, 0.15) is 69.4 Å². The molecule has 1 amide bonds. The summed E-state index contributed by atoms with van der Waals surface area (Å²) in [4.78, 5) is 31.6. The third kappa shape index (κ3) is 8.96. The Bertz CT molecular complexity index is 1910. The Kier molecular flexibility index (Phi) is 10.8. The van der Waals surface area contributed by atoms with Crippen molar-refractivity contribution in [3.05, 3.63) is 53.1 Å². The zero-order valence-corrected chi connectivity index (χ0v) is 32.0. The van der Waals surface area contributed by atoms with E-state index in [1.54, 1.807) is 32.9 Å². The summed E-state index contributed by atoms with van der Waals surface area (Å²) in [6.07, 6.45) is 0.305. The number of amides is 1. The van der Waals surface area contributed by atoms with Crippen LogP contribution in [0.5, 0.6) is 5.75 Å². The van der Waals surface area contributed by atoms with E-state index in [9.17, 15) is 31.2 Å². The molecular weight excluding hydrogens is 706 g/mol. The van der Waals surface area contributed by atoms with E-state index in [1.165, 1.54) is 10.6 Å². The van der Waals surface area contributed by atoms with Gasteiger partial charge in [-0.05, 0) is 81.6 Å². The third-order valence-corrected chi connectivity index (χ3v) is 10.2. The normalized spacial score (nSPS) is 17.1. The van der Waals surface area contributed by atoms with Crippen molar-refractivity contribution in [2.75, 3.05) is 26.2 Å². The van der Waals surface area contributed by atoms with Crippen LogP contribution in [0.15, 0.2) is 36.4 Å². The summed E-state index contributed by atoms with van der Waals surface area (Å²) in [6, 6.07) is 9.76. The Morgan fingerprint density at radius 1 is 0.980 bits per heavy atom. The van der Waals surface area contributed by atoms with Crippen molar-refractivity contribution >= 4 is 42.1 Å². The lowest BCUT2D eigenvalue weighted by atomic mass is 9.91. The smallest absolute Gasteiger partial charge is 0.443 e. The molecule has 0 bridgehead atoms. The largest absolute Gasteiger partial charge is 0.534 e. The molecule has 279 valence electrons. The summed E-state index contributed by atoms with van der Waals surface area (Å²) < 4.78 is 81.0. The predicted octanol–water partition coefficient (Wildman–Crippen LogP) is 6.71. The zero-order valence-electron chi connectivity index (χ0n) is 30.2. The highest BCUT2D eigenvalue weighted by Gasteiger charge is 2.49. The van der Waals surface area contributed by atoms with E-state index in [2.05, 4.69) is 53.2 Å². The van der Waals surface area contributed by atoms with Crippen molar-refractivity contribution in [1.82, 2.24) is 19.7 Å². The van der Waals surface area contributed by atoms with Crippen molar-refractivity contribution < 1.29 is 44.5 Å². The number of nitrogens with one attached hydrogen (secondary N) is 1. The minimum atomic E-state index is -6.00. The Balaban J connectivity index is 1.47. The first-order valence-corrected chi connectivity index (χ1v) is 20.6. The molecule has 0 aliphatic carbocycles. The maximum absolute atomic E-state index is 13.7. The van der Waals surface area contributed by atoms with E-state index in [-0.39, 0.29) is 40.6 Å². The SMILES string of the molecule is C[Si](C)OC(CC(C)(C)C)N1CCN(Cc2ccc3c(c2)cc(-c2ccc(OS(=O)(=O)C(F)(F)F)c4c2C(=O)NC4)n3C(=O)OC(C)(C)C)CC1. The Morgan fingerprint density at radius 2 is 1.65 bits per heavy atom. The molecule has 1 radical (unpaired) electrons. The number of fused-ring (bicyclic) bond motifs is 2. The monoisotopic (exact) mass is 751 g/mol. The van der Waals surface area contributed by atoms with Gasteiger partial charge in [0.15, 0.2) is 0 Å². The van der Waals surface area contributed by atoms with Crippen molar-refractivity contribution in [3.63, 3.8) is 0 Å². The number of alkyl halides is 3. The summed E-state index contributed by atoms with van der Waals surface area (Å²) in [6.45, 7) is 20.0. The van der Waals surface area contributed by atoms with Gasteiger partial charge in [0, 0.05) is 55.8 Å². The third-order valence-electron chi connectivity index (χ3n) is 8.50. The lowest BCUT2D eigenvalue weighted by Crippen LogP contribution is -2.52. The maximum atomic E-state index is 13.7. The quantitative estimate of drug-likeness (QED) is 0.145. The Morgan fingerprint density at radius 3 is 2.24 bits per heavy atom. The number of benzene rings is 2. The molecule has 1 fully saturated rings. The summed E-state index contributed by atoms with van der Waals surface area (Å²) in [7, 11) is -6.87. The number of nitrogens with zero attached hydrogens (tertiary/aromatic N) is 3. The van der Waals surface area contributed by atoms with Crippen molar-refractivity contribution in [2.24, 2.45) is 5.41 Å². The van der Waals surface area contributed by atoms with E-state index in [0.29, 0.717) is 17.4 Å². The molecule has 1 N–H and O–H groups in total. The van der Waals surface area contributed by atoms with Crippen molar-refractivity contribution in [3.8, 4) is 17.0 Å². The molecule has 3 heterocycles. The summed E-state index contributed by atoms with van der Waals surface area (Å²) in [5, 5.41) is 3.21. The maximum Gasteiger partial charge on any atom is 0.534 e. The van der Waals surface area contributed by atoms with Gasteiger partial charge in [0.05, 0.1) is 23.0 Å². The van der Waals surface area contributed by atoms with Gasteiger partial charge in [-0.2, -0.15) is 21.6 Å². The highest BCUT2D eigenvalue weighted by atomic mass is 32.2. The Labute approximate surface area is 298 Å². The number of rotatable bonds is 9. The van der Waals surface area contributed by atoms with E-state index >= 15 is 0 Å². The second-order valence-corrected chi connectivity index (χ2v) is 19.0. The Hall–Kier alpha value is -3.44. The molecule has 2 aromatic carbocycles. The summed E-state index contributed by atoms with van der Waals surface area (Å²) >= 11 is 0. The molecule has 0 saturated carbocycles. The standard InChI is InChI=1S/C35H46F3N4O7SSi/c1-33(2,3)19-29(49-51(7)8)41-15-13-40(14-16-41)21-22-9-11-26-23(17-22)18-27(42(26)32(44)47-34(4,5)6)24-10-12-28(25-20-39-31(43)30(24)25)48-50(45,46)35(36,37)38/h9-12,17-18,29H,13-16,19-21H2,1-8H3,(H,39,43). The van der Waals surface area contributed by atoms with Gasteiger partial charge in [0.25, 0.3) is 5.91 Å². The zero-order chi connectivity index (χ0) is 37.7. The van der Waals surface area contributed by atoms with Crippen LogP contribution < -0.4 is 9.50 Å². The second-order valence-electron chi connectivity index (χ2n) is 15.4. The molecule has 0 spiro atoms. The molecule has 1 saturated heterocycles. The number of piperazine rings is 1. The van der Waals surface area contributed by atoms with E-state index in [0.717, 1.165) is 44.2 Å². The van der Waals surface area contributed by atoms with Crippen LogP contribution in [0.4, 0.5) is 18.0 Å². The topological polar surface area (TPSA) is 119 Å². The average molecular weight is 752 g/mol. The van der Waals surface area contributed by atoms with Crippen LogP contribution in [0.25, 0.3) is 22.2 Å². The van der Waals surface area contributed by atoms with Crippen LogP contribution in [-0.2, 0) is 32.4 Å². The average Bonchev–Trinajstić information content (AvgIpc) is 3.56.